The van der Waals surface area contributed by atoms with E-state index in [-0.39, 0.29) is 0 Å². The molecule has 1 saturated carbocycles. The largest absolute Gasteiger partial charge is 0.330 e. The maximum absolute atomic E-state index is 5.73. The molecule has 14 heavy (non-hydrogen) atoms. The van der Waals surface area contributed by atoms with Crippen LogP contribution >= 0.6 is 0 Å². The third-order valence-electron chi connectivity index (χ3n) is 3.74. The van der Waals surface area contributed by atoms with E-state index in [4.69, 9.17) is 5.73 Å². The van der Waals surface area contributed by atoms with Gasteiger partial charge in [-0.25, -0.2) is 0 Å². The van der Waals surface area contributed by atoms with Crippen LogP contribution in [0.25, 0.3) is 0 Å². The van der Waals surface area contributed by atoms with E-state index in [1.165, 1.54) is 51.9 Å². The Hall–Kier alpha value is -0.120. The summed E-state index contributed by atoms with van der Waals surface area (Å²) in [6.07, 6.45) is 5.38. The first-order valence-corrected chi connectivity index (χ1v) is 6.05. The molecule has 1 aliphatic carbocycles. The van der Waals surface area contributed by atoms with Crippen molar-refractivity contribution in [3.8, 4) is 0 Å². The van der Waals surface area contributed by atoms with Crippen LogP contribution < -0.4 is 11.1 Å². The number of hydrogen-bond acceptors (Lipinski definition) is 3. The third-order valence-corrected chi connectivity index (χ3v) is 3.74. The van der Waals surface area contributed by atoms with Crippen molar-refractivity contribution in [2.75, 3.05) is 32.7 Å². The minimum Gasteiger partial charge on any atom is -0.330 e. The molecule has 1 saturated heterocycles. The Morgan fingerprint density at radius 3 is 2.93 bits per heavy atom. The van der Waals surface area contributed by atoms with Crippen molar-refractivity contribution in [2.24, 2.45) is 11.7 Å². The summed E-state index contributed by atoms with van der Waals surface area (Å²) in [6.45, 7) is 5.78. The molecule has 0 spiro atoms. The van der Waals surface area contributed by atoms with Crippen LogP contribution in [0.1, 0.15) is 25.7 Å². The molecule has 2 unspecified atom stereocenters. The van der Waals surface area contributed by atoms with Gasteiger partial charge >= 0.3 is 0 Å². The van der Waals surface area contributed by atoms with Gasteiger partial charge in [0.15, 0.2) is 0 Å². The van der Waals surface area contributed by atoms with Gasteiger partial charge in [0.2, 0.25) is 0 Å². The summed E-state index contributed by atoms with van der Waals surface area (Å²) < 4.78 is 0. The van der Waals surface area contributed by atoms with Crippen molar-refractivity contribution in [1.82, 2.24) is 10.2 Å². The fraction of sp³-hybridized carbons (Fsp3) is 1.00. The molecule has 0 radical (unpaired) electrons. The Morgan fingerprint density at radius 1 is 1.21 bits per heavy atom. The monoisotopic (exact) mass is 197 g/mol. The minimum atomic E-state index is 0.802. The van der Waals surface area contributed by atoms with Crippen LogP contribution in [0.15, 0.2) is 0 Å². The lowest BCUT2D eigenvalue weighted by Crippen LogP contribution is -2.36. The molecule has 2 aliphatic rings. The van der Waals surface area contributed by atoms with Gasteiger partial charge in [0.1, 0.15) is 0 Å². The first kappa shape index (κ1) is 10.4. The Kier molecular flexibility index (Phi) is 3.79. The van der Waals surface area contributed by atoms with E-state index in [0.29, 0.717) is 0 Å². The Bertz CT molecular complexity index is 164. The molecule has 2 rings (SSSR count). The fourth-order valence-electron chi connectivity index (χ4n) is 2.83. The van der Waals surface area contributed by atoms with Gasteiger partial charge in [0.25, 0.3) is 0 Å². The van der Waals surface area contributed by atoms with Gasteiger partial charge in [-0.3, -0.25) is 4.90 Å². The third kappa shape index (κ3) is 2.47. The van der Waals surface area contributed by atoms with Crippen molar-refractivity contribution < 1.29 is 0 Å². The zero-order valence-corrected chi connectivity index (χ0v) is 9.04. The van der Waals surface area contributed by atoms with Gasteiger partial charge in [-0.15, -0.1) is 0 Å². The molecule has 82 valence electrons. The molecule has 3 nitrogen and oxygen atoms in total. The summed E-state index contributed by atoms with van der Waals surface area (Å²) in [6, 6.07) is 0.837. The summed E-state index contributed by atoms with van der Waals surface area (Å²) in [7, 11) is 0. The van der Waals surface area contributed by atoms with Gasteiger partial charge in [-0.05, 0) is 51.2 Å². The van der Waals surface area contributed by atoms with Gasteiger partial charge in [0.05, 0.1) is 0 Å². The first-order valence-electron chi connectivity index (χ1n) is 6.05. The smallest absolute Gasteiger partial charge is 0.0110 e. The fourth-order valence-corrected chi connectivity index (χ4v) is 2.83. The van der Waals surface area contributed by atoms with Crippen LogP contribution in [0.5, 0.6) is 0 Å². The summed E-state index contributed by atoms with van der Waals surface area (Å²) in [4.78, 5) is 2.68. The predicted octanol–water partition coefficient (Wildman–Crippen LogP) is 0.409. The lowest BCUT2D eigenvalue weighted by Gasteiger charge is -2.27. The SMILES string of the molecule is NCC1CCC(N2CCCNCC2)C1. The first-order chi connectivity index (χ1) is 6.90. The second kappa shape index (κ2) is 5.10. The Morgan fingerprint density at radius 2 is 2.14 bits per heavy atom. The predicted molar refractivity (Wildman–Crippen MR) is 59.2 cm³/mol. The highest BCUT2D eigenvalue weighted by Crippen LogP contribution is 2.28. The number of nitrogens with zero attached hydrogens (tertiary/aromatic N) is 1. The second-order valence-corrected chi connectivity index (χ2v) is 4.71. The van der Waals surface area contributed by atoms with Gasteiger partial charge in [0, 0.05) is 19.1 Å². The van der Waals surface area contributed by atoms with Crippen LogP contribution in [-0.4, -0.2) is 43.7 Å². The summed E-state index contributed by atoms with van der Waals surface area (Å²) in [5.41, 5.74) is 5.73. The normalized spacial score (nSPS) is 35.8. The van der Waals surface area contributed by atoms with Crippen LogP contribution in [0.4, 0.5) is 0 Å². The average Bonchev–Trinajstić information content (AvgIpc) is 2.53. The highest BCUT2D eigenvalue weighted by atomic mass is 15.2. The van der Waals surface area contributed by atoms with E-state index in [1.54, 1.807) is 0 Å². The summed E-state index contributed by atoms with van der Waals surface area (Å²) in [5.74, 6) is 0.802. The van der Waals surface area contributed by atoms with Gasteiger partial charge in [-0.1, -0.05) is 0 Å². The molecule has 3 N–H and O–H groups in total. The average molecular weight is 197 g/mol. The van der Waals surface area contributed by atoms with E-state index >= 15 is 0 Å². The lowest BCUT2D eigenvalue weighted by molar-refractivity contribution is 0.208. The summed E-state index contributed by atoms with van der Waals surface area (Å²) >= 11 is 0. The van der Waals surface area contributed by atoms with Crippen molar-refractivity contribution in [3.63, 3.8) is 0 Å². The number of rotatable bonds is 2. The molecule has 0 amide bonds. The molecule has 0 aromatic heterocycles. The maximum atomic E-state index is 5.73. The molecule has 1 aliphatic heterocycles. The lowest BCUT2D eigenvalue weighted by atomic mass is 10.1. The molecular weight excluding hydrogens is 174 g/mol. The zero-order chi connectivity index (χ0) is 9.80. The molecule has 0 bridgehead atoms. The zero-order valence-electron chi connectivity index (χ0n) is 9.04. The van der Waals surface area contributed by atoms with Crippen LogP contribution in [-0.2, 0) is 0 Å². The van der Waals surface area contributed by atoms with Crippen molar-refractivity contribution >= 4 is 0 Å². The highest BCUT2D eigenvalue weighted by molar-refractivity contribution is 4.84. The number of nitrogens with one attached hydrogen (secondary N) is 1. The molecule has 2 fully saturated rings. The standard InChI is InChI=1S/C11H23N3/c12-9-10-2-3-11(8-10)14-6-1-4-13-5-7-14/h10-11,13H,1-9,12H2. The van der Waals surface area contributed by atoms with Gasteiger partial charge < -0.3 is 11.1 Å². The Labute approximate surface area is 87.0 Å². The Balaban J connectivity index is 1.82. The van der Waals surface area contributed by atoms with Crippen LogP contribution in [0.2, 0.25) is 0 Å². The van der Waals surface area contributed by atoms with E-state index in [9.17, 15) is 0 Å². The maximum Gasteiger partial charge on any atom is 0.0110 e. The second-order valence-electron chi connectivity index (χ2n) is 4.71. The number of nitrogens with two attached hydrogens (primary N) is 1. The highest BCUT2D eigenvalue weighted by Gasteiger charge is 2.28. The number of hydrogen-bond donors (Lipinski definition) is 2. The van der Waals surface area contributed by atoms with Crippen LogP contribution in [0, 0.1) is 5.92 Å². The van der Waals surface area contributed by atoms with Crippen molar-refractivity contribution in [2.45, 2.75) is 31.7 Å². The summed E-state index contributed by atoms with van der Waals surface area (Å²) in [5, 5.41) is 3.46. The molecule has 1 heterocycles. The quantitative estimate of drug-likeness (QED) is 0.674. The molecule has 0 aromatic rings. The molecular formula is C11H23N3. The van der Waals surface area contributed by atoms with Crippen molar-refractivity contribution in [3.05, 3.63) is 0 Å². The minimum absolute atomic E-state index is 0.802. The molecule has 2 atom stereocenters. The topological polar surface area (TPSA) is 41.3 Å². The molecule has 0 aromatic carbocycles. The van der Waals surface area contributed by atoms with Gasteiger partial charge in [-0.2, -0.15) is 0 Å². The van der Waals surface area contributed by atoms with Crippen molar-refractivity contribution in [1.29, 1.82) is 0 Å². The molecule has 3 heteroatoms. The van der Waals surface area contributed by atoms with E-state index in [1.807, 2.05) is 0 Å². The van der Waals surface area contributed by atoms with Crippen LogP contribution in [0.3, 0.4) is 0 Å². The van der Waals surface area contributed by atoms with E-state index in [0.717, 1.165) is 18.5 Å². The van der Waals surface area contributed by atoms with E-state index in [2.05, 4.69) is 10.2 Å². The van der Waals surface area contributed by atoms with E-state index < -0.39 is 0 Å².